The van der Waals surface area contributed by atoms with Crippen molar-refractivity contribution in [1.82, 2.24) is 10.0 Å². The zero-order valence-corrected chi connectivity index (χ0v) is 15.1. The van der Waals surface area contributed by atoms with Gasteiger partial charge in [-0.15, -0.1) is 11.3 Å². The Morgan fingerprint density at radius 3 is 2.62 bits per heavy atom. The van der Waals surface area contributed by atoms with Crippen LogP contribution in [0.1, 0.15) is 52.5 Å². The number of hydrogen-bond acceptors (Lipinski definition) is 4. The van der Waals surface area contributed by atoms with E-state index in [1.807, 2.05) is 12.3 Å². The van der Waals surface area contributed by atoms with Gasteiger partial charge in [0.25, 0.3) is 0 Å². The summed E-state index contributed by atoms with van der Waals surface area (Å²) in [5.41, 5.74) is 1.03. The molecular weight excluding hydrogens is 304 g/mol. The Kier molecular flexibility index (Phi) is 7.87. The van der Waals surface area contributed by atoms with Gasteiger partial charge in [0, 0.05) is 12.6 Å². The van der Waals surface area contributed by atoms with E-state index in [-0.39, 0.29) is 6.04 Å². The molecule has 1 rings (SSSR count). The van der Waals surface area contributed by atoms with Gasteiger partial charge in [0.1, 0.15) is 4.21 Å². The van der Waals surface area contributed by atoms with Crippen LogP contribution in [0.3, 0.4) is 0 Å². The molecule has 0 aliphatic carbocycles. The molecule has 0 amide bonds. The van der Waals surface area contributed by atoms with Gasteiger partial charge in [-0.25, -0.2) is 13.1 Å². The van der Waals surface area contributed by atoms with Gasteiger partial charge >= 0.3 is 0 Å². The highest BCUT2D eigenvalue weighted by atomic mass is 32.2. The minimum Gasteiger partial charge on any atom is -0.313 e. The third kappa shape index (κ3) is 6.46. The molecule has 0 radical (unpaired) electrons. The van der Waals surface area contributed by atoms with E-state index in [4.69, 9.17) is 0 Å². The SMILES string of the molecule is CCCNCc1csc(S(=O)(=O)NC(C)CC(C)CC)c1. The van der Waals surface area contributed by atoms with Crippen LogP contribution in [-0.2, 0) is 16.6 Å². The first-order valence-corrected chi connectivity index (χ1v) is 10.1. The van der Waals surface area contributed by atoms with Crippen LogP contribution in [0.4, 0.5) is 0 Å². The lowest BCUT2D eigenvalue weighted by Crippen LogP contribution is -2.33. The van der Waals surface area contributed by atoms with Crippen molar-refractivity contribution >= 4 is 21.4 Å². The van der Waals surface area contributed by atoms with Gasteiger partial charge in [-0.2, -0.15) is 0 Å². The van der Waals surface area contributed by atoms with Crippen LogP contribution in [0.25, 0.3) is 0 Å². The van der Waals surface area contributed by atoms with Gasteiger partial charge in [-0.1, -0.05) is 27.2 Å². The van der Waals surface area contributed by atoms with Crippen LogP contribution in [0.2, 0.25) is 0 Å². The molecule has 0 bridgehead atoms. The monoisotopic (exact) mass is 332 g/mol. The Morgan fingerprint density at radius 1 is 1.29 bits per heavy atom. The second-order valence-corrected chi connectivity index (χ2v) is 8.57. The molecule has 0 fully saturated rings. The maximum absolute atomic E-state index is 12.3. The zero-order valence-electron chi connectivity index (χ0n) is 13.5. The summed E-state index contributed by atoms with van der Waals surface area (Å²) in [5, 5.41) is 5.20. The third-order valence-electron chi connectivity index (χ3n) is 3.46. The quantitative estimate of drug-likeness (QED) is 0.646. The molecule has 0 aliphatic heterocycles. The van der Waals surface area contributed by atoms with Gasteiger partial charge in [-0.3, -0.25) is 0 Å². The lowest BCUT2D eigenvalue weighted by atomic mass is 10.0. The molecule has 1 heterocycles. The fourth-order valence-corrected chi connectivity index (χ4v) is 4.62. The standard InChI is InChI=1S/C15H28N2O2S2/c1-5-7-16-10-14-9-15(20-11-14)21(18,19)17-13(4)8-12(3)6-2/h9,11-13,16-17H,5-8,10H2,1-4H3. The van der Waals surface area contributed by atoms with Crippen LogP contribution >= 0.6 is 11.3 Å². The molecule has 0 aliphatic rings. The van der Waals surface area contributed by atoms with Crippen molar-refractivity contribution in [3.8, 4) is 0 Å². The Bertz CT molecular complexity index is 511. The molecule has 1 aromatic rings. The molecule has 6 heteroatoms. The molecular formula is C15H28N2O2S2. The van der Waals surface area contributed by atoms with E-state index in [9.17, 15) is 8.42 Å². The van der Waals surface area contributed by atoms with Crippen LogP contribution in [0, 0.1) is 5.92 Å². The molecule has 0 saturated carbocycles. The molecule has 1 aromatic heterocycles. The van der Waals surface area contributed by atoms with Crippen LogP contribution in [0.15, 0.2) is 15.7 Å². The van der Waals surface area contributed by atoms with E-state index < -0.39 is 10.0 Å². The predicted molar refractivity (Wildman–Crippen MR) is 90.2 cm³/mol. The summed E-state index contributed by atoms with van der Waals surface area (Å²) < 4.78 is 27.9. The molecule has 0 aromatic carbocycles. The largest absolute Gasteiger partial charge is 0.313 e. The van der Waals surface area contributed by atoms with Crippen LogP contribution < -0.4 is 10.0 Å². The molecule has 0 spiro atoms. The van der Waals surface area contributed by atoms with E-state index in [1.165, 1.54) is 11.3 Å². The van der Waals surface area contributed by atoms with E-state index in [0.29, 0.717) is 10.1 Å². The zero-order chi connectivity index (χ0) is 15.9. The maximum atomic E-state index is 12.3. The summed E-state index contributed by atoms with van der Waals surface area (Å²) in [7, 11) is -3.38. The Hall–Kier alpha value is -0.430. The topological polar surface area (TPSA) is 58.2 Å². The normalized spacial score (nSPS) is 15.0. The first kappa shape index (κ1) is 18.6. The Balaban J connectivity index is 2.61. The molecule has 21 heavy (non-hydrogen) atoms. The van der Waals surface area contributed by atoms with Crippen molar-refractivity contribution in [2.24, 2.45) is 5.92 Å². The summed E-state index contributed by atoms with van der Waals surface area (Å²) in [4.78, 5) is 0. The van der Waals surface area contributed by atoms with Gasteiger partial charge < -0.3 is 5.32 Å². The van der Waals surface area contributed by atoms with E-state index in [1.54, 1.807) is 6.07 Å². The molecule has 2 N–H and O–H groups in total. The van der Waals surface area contributed by atoms with Crippen molar-refractivity contribution in [2.75, 3.05) is 6.54 Å². The highest BCUT2D eigenvalue weighted by Crippen LogP contribution is 2.21. The second-order valence-electron chi connectivity index (χ2n) is 5.72. The van der Waals surface area contributed by atoms with Crippen LogP contribution in [-0.4, -0.2) is 21.0 Å². The smallest absolute Gasteiger partial charge is 0.250 e. The average Bonchev–Trinajstić information content (AvgIpc) is 2.87. The van der Waals surface area contributed by atoms with E-state index in [0.717, 1.165) is 37.9 Å². The number of hydrogen-bond donors (Lipinski definition) is 2. The van der Waals surface area contributed by atoms with Crippen molar-refractivity contribution < 1.29 is 8.42 Å². The fraction of sp³-hybridized carbons (Fsp3) is 0.733. The van der Waals surface area contributed by atoms with Gasteiger partial charge in [0.2, 0.25) is 10.0 Å². The molecule has 2 unspecified atom stereocenters. The third-order valence-corrected chi connectivity index (χ3v) is 6.54. The van der Waals surface area contributed by atoms with Gasteiger partial charge in [0.15, 0.2) is 0 Å². The summed E-state index contributed by atoms with van der Waals surface area (Å²) in [6, 6.07) is 1.74. The minimum atomic E-state index is -3.38. The average molecular weight is 333 g/mol. The van der Waals surface area contributed by atoms with Crippen LogP contribution in [0.5, 0.6) is 0 Å². The van der Waals surface area contributed by atoms with Gasteiger partial charge in [0.05, 0.1) is 0 Å². The first-order valence-electron chi connectivity index (χ1n) is 7.69. The number of thiophene rings is 1. The summed E-state index contributed by atoms with van der Waals surface area (Å²) in [6.07, 6.45) is 3.01. The highest BCUT2D eigenvalue weighted by Gasteiger charge is 2.20. The van der Waals surface area contributed by atoms with Crippen molar-refractivity contribution in [2.45, 2.75) is 63.8 Å². The van der Waals surface area contributed by atoms with Crippen molar-refractivity contribution in [1.29, 1.82) is 0 Å². The Labute approximate surface area is 133 Å². The number of rotatable bonds is 10. The molecule has 2 atom stereocenters. The predicted octanol–water partition coefficient (Wildman–Crippen LogP) is 3.35. The number of nitrogens with one attached hydrogen (secondary N) is 2. The maximum Gasteiger partial charge on any atom is 0.250 e. The number of sulfonamides is 1. The lowest BCUT2D eigenvalue weighted by Gasteiger charge is -2.16. The fourth-order valence-electron chi connectivity index (χ4n) is 2.14. The van der Waals surface area contributed by atoms with Gasteiger partial charge in [-0.05, 0) is 49.2 Å². The summed E-state index contributed by atoms with van der Waals surface area (Å²) in [5.74, 6) is 0.528. The van der Waals surface area contributed by atoms with Crippen molar-refractivity contribution in [3.63, 3.8) is 0 Å². The molecule has 122 valence electrons. The summed E-state index contributed by atoms with van der Waals surface area (Å²) in [6.45, 7) is 9.98. The second kappa shape index (κ2) is 8.88. The van der Waals surface area contributed by atoms with Crippen molar-refractivity contribution in [3.05, 3.63) is 17.0 Å². The molecule has 4 nitrogen and oxygen atoms in total. The lowest BCUT2D eigenvalue weighted by molar-refractivity contribution is 0.446. The molecule has 0 saturated heterocycles. The van der Waals surface area contributed by atoms with E-state index >= 15 is 0 Å². The van der Waals surface area contributed by atoms with E-state index in [2.05, 4.69) is 30.8 Å². The summed E-state index contributed by atoms with van der Waals surface area (Å²) >= 11 is 1.29. The minimum absolute atomic E-state index is 0.0336. The Morgan fingerprint density at radius 2 is 2.00 bits per heavy atom. The highest BCUT2D eigenvalue weighted by molar-refractivity contribution is 7.91. The first-order chi connectivity index (χ1) is 9.89.